The summed E-state index contributed by atoms with van der Waals surface area (Å²) in [6.07, 6.45) is 2.91. The van der Waals surface area contributed by atoms with E-state index in [4.69, 9.17) is 23.2 Å². The van der Waals surface area contributed by atoms with Crippen LogP contribution in [-0.4, -0.2) is 21.2 Å². The van der Waals surface area contributed by atoms with E-state index in [0.717, 1.165) is 5.82 Å². The lowest BCUT2D eigenvalue weighted by molar-refractivity contribution is 0.174. The number of hydrogen-bond donors (Lipinski definition) is 2. The van der Waals surface area contributed by atoms with Crippen LogP contribution in [0.25, 0.3) is 0 Å². The highest BCUT2D eigenvalue weighted by atomic mass is 35.5. The molecule has 1 heterocycles. The number of hydrogen-bond acceptors (Lipinski definition) is 3. The first kappa shape index (κ1) is 14.3. The molecule has 0 bridgehead atoms. The summed E-state index contributed by atoms with van der Waals surface area (Å²) in [5.41, 5.74) is 0.626. The van der Waals surface area contributed by atoms with E-state index in [2.05, 4.69) is 10.3 Å². The second kappa shape index (κ2) is 6.39. The van der Waals surface area contributed by atoms with Crippen LogP contribution in [0, 0.1) is 0 Å². The second-order valence-electron chi connectivity index (χ2n) is 4.27. The zero-order valence-corrected chi connectivity index (χ0v) is 12.0. The van der Waals surface area contributed by atoms with Crippen molar-refractivity contribution in [2.45, 2.75) is 12.6 Å². The summed E-state index contributed by atoms with van der Waals surface area (Å²) >= 11 is 11.9. The van der Waals surface area contributed by atoms with Crippen molar-refractivity contribution in [3.8, 4) is 0 Å². The minimum Gasteiger partial charge on any atom is -0.387 e. The Balaban J connectivity index is 1.92. The molecule has 0 aliphatic carbocycles. The molecule has 0 aliphatic rings. The Hall–Kier alpha value is -1.07. The van der Waals surface area contributed by atoms with Crippen molar-refractivity contribution >= 4 is 23.2 Å². The fourth-order valence-corrected chi connectivity index (χ4v) is 2.19. The molecule has 2 rings (SSSR count). The molecule has 1 unspecified atom stereocenters. The van der Waals surface area contributed by atoms with E-state index in [1.807, 2.05) is 17.8 Å². The van der Waals surface area contributed by atoms with Crippen LogP contribution in [0.1, 0.15) is 17.5 Å². The molecule has 1 aromatic carbocycles. The zero-order chi connectivity index (χ0) is 13.8. The molecule has 6 heteroatoms. The lowest BCUT2D eigenvalue weighted by Crippen LogP contribution is -2.22. The first-order valence-corrected chi connectivity index (χ1v) is 6.63. The van der Waals surface area contributed by atoms with Crippen LogP contribution in [0.5, 0.6) is 0 Å². The largest absolute Gasteiger partial charge is 0.387 e. The molecule has 1 aromatic heterocycles. The SMILES string of the molecule is Cn1ccnc1CNCC(O)c1cc(Cl)ccc1Cl. The topological polar surface area (TPSA) is 50.1 Å². The third-order valence-electron chi connectivity index (χ3n) is 2.86. The van der Waals surface area contributed by atoms with Gasteiger partial charge in [0.05, 0.1) is 12.6 Å². The first-order chi connectivity index (χ1) is 9.08. The fraction of sp³-hybridized carbons (Fsp3) is 0.308. The van der Waals surface area contributed by atoms with Gasteiger partial charge in [0.15, 0.2) is 0 Å². The van der Waals surface area contributed by atoms with Crippen LogP contribution < -0.4 is 5.32 Å². The molecule has 0 aliphatic heterocycles. The van der Waals surface area contributed by atoms with E-state index in [-0.39, 0.29) is 0 Å². The number of aromatic nitrogens is 2. The molecule has 19 heavy (non-hydrogen) atoms. The summed E-state index contributed by atoms with van der Waals surface area (Å²) in [6.45, 7) is 0.964. The fourth-order valence-electron chi connectivity index (χ4n) is 1.77. The van der Waals surface area contributed by atoms with Crippen LogP contribution in [-0.2, 0) is 13.6 Å². The first-order valence-electron chi connectivity index (χ1n) is 5.88. The molecule has 2 N–H and O–H groups in total. The number of benzene rings is 1. The standard InChI is InChI=1S/C13H15Cl2N3O/c1-18-5-4-17-13(18)8-16-7-12(19)10-6-9(14)2-3-11(10)15/h2-6,12,16,19H,7-8H2,1H3. The van der Waals surface area contributed by atoms with Gasteiger partial charge in [-0.25, -0.2) is 4.98 Å². The molecule has 0 spiro atoms. The maximum atomic E-state index is 10.1. The molecule has 0 amide bonds. The van der Waals surface area contributed by atoms with Crippen molar-refractivity contribution in [3.63, 3.8) is 0 Å². The number of nitrogens with zero attached hydrogens (tertiary/aromatic N) is 2. The Kier molecular flexibility index (Phi) is 4.82. The molecule has 4 nitrogen and oxygen atoms in total. The van der Waals surface area contributed by atoms with Crippen molar-refractivity contribution in [2.75, 3.05) is 6.54 Å². The smallest absolute Gasteiger partial charge is 0.122 e. The highest BCUT2D eigenvalue weighted by molar-refractivity contribution is 6.33. The number of halogens is 2. The van der Waals surface area contributed by atoms with Gasteiger partial charge >= 0.3 is 0 Å². The Labute approximate surface area is 122 Å². The number of imidazole rings is 1. The van der Waals surface area contributed by atoms with E-state index < -0.39 is 6.10 Å². The van der Waals surface area contributed by atoms with Gasteiger partial charge in [-0.1, -0.05) is 23.2 Å². The van der Waals surface area contributed by atoms with Crippen LogP contribution in [0.3, 0.4) is 0 Å². The van der Waals surface area contributed by atoms with Gasteiger partial charge in [-0.3, -0.25) is 0 Å². The molecular formula is C13H15Cl2N3O. The highest BCUT2D eigenvalue weighted by Crippen LogP contribution is 2.25. The monoisotopic (exact) mass is 299 g/mol. The van der Waals surface area contributed by atoms with E-state index in [0.29, 0.717) is 28.7 Å². The minimum atomic E-state index is -0.702. The minimum absolute atomic E-state index is 0.382. The highest BCUT2D eigenvalue weighted by Gasteiger charge is 2.12. The van der Waals surface area contributed by atoms with Crippen LogP contribution in [0.4, 0.5) is 0 Å². The molecule has 2 aromatic rings. The summed E-state index contributed by atoms with van der Waals surface area (Å²) in [6, 6.07) is 5.06. The lowest BCUT2D eigenvalue weighted by atomic mass is 10.1. The summed E-state index contributed by atoms with van der Waals surface area (Å²) in [4.78, 5) is 4.19. The van der Waals surface area contributed by atoms with Gasteiger partial charge < -0.3 is 15.0 Å². The maximum absolute atomic E-state index is 10.1. The van der Waals surface area contributed by atoms with Crippen molar-refractivity contribution in [1.82, 2.24) is 14.9 Å². The van der Waals surface area contributed by atoms with Crippen molar-refractivity contribution < 1.29 is 5.11 Å². The number of aliphatic hydroxyl groups excluding tert-OH is 1. The molecule has 0 radical (unpaired) electrons. The average Bonchev–Trinajstić information content (AvgIpc) is 2.78. The quantitative estimate of drug-likeness (QED) is 0.892. The maximum Gasteiger partial charge on any atom is 0.122 e. The van der Waals surface area contributed by atoms with Crippen LogP contribution >= 0.6 is 23.2 Å². The van der Waals surface area contributed by atoms with Gasteiger partial charge in [0.25, 0.3) is 0 Å². The van der Waals surface area contributed by atoms with Gasteiger partial charge in [0.1, 0.15) is 5.82 Å². The number of nitrogens with one attached hydrogen (secondary N) is 1. The molecule has 0 saturated heterocycles. The zero-order valence-electron chi connectivity index (χ0n) is 10.5. The molecule has 1 atom stereocenters. The number of rotatable bonds is 5. The summed E-state index contributed by atoms with van der Waals surface area (Å²) in [5, 5.41) is 14.3. The van der Waals surface area contributed by atoms with Gasteiger partial charge in [0.2, 0.25) is 0 Å². The second-order valence-corrected chi connectivity index (χ2v) is 5.11. The van der Waals surface area contributed by atoms with Crippen LogP contribution in [0.15, 0.2) is 30.6 Å². The Morgan fingerprint density at radius 3 is 2.89 bits per heavy atom. The van der Waals surface area contributed by atoms with Crippen molar-refractivity contribution in [3.05, 3.63) is 52.0 Å². The van der Waals surface area contributed by atoms with E-state index in [1.165, 1.54) is 0 Å². The third kappa shape index (κ3) is 3.70. The normalized spacial score (nSPS) is 12.6. The number of aryl methyl sites for hydroxylation is 1. The van der Waals surface area contributed by atoms with Gasteiger partial charge in [-0.15, -0.1) is 0 Å². The average molecular weight is 300 g/mol. The van der Waals surface area contributed by atoms with Crippen molar-refractivity contribution in [2.24, 2.45) is 7.05 Å². The predicted octanol–water partition coefficient (Wildman–Crippen LogP) is 2.55. The van der Waals surface area contributed by atoms with Gasteiger partial charge in [-0.05, 0) is 18.2 Å². The van der Waals surface area contributed by atoms with Crippen molar-refractivity contribution in [1.29, 1.82) is 0 Å². The Morgan fingerprint density at radius 1 is 1.42 bits per heavy atom. The van der Waals surface area contributed by atoms with E-state index >= 15 is 0 Å². The Morgan fingerprint density at radius 2 is 2.21 bits per heavy atom. The summed E-state index contributed by atoms with van der Waals surface area (Å²) in [7, 11) is 1.92. The lowest BCUT2D eigenvalue weighted by Gasteiger charge is -2.14. The molecule has 102 valence electrons. The predicted molar refractivity (Wildman–Crippen MR) is 76.3 cm³/mol. The van der Waals surface area contributed by atoms with E-state index in [1.54, 1.807) is 24.4 Å². The molecule has 0 fully saturated rings. The van der Waals surface area contributed by atoms with Gasteiger partial charge in [-0.2, -0.15) is 0 Å². The molecule has 0 saturated carbocycles. The third-order valence-corrected chi connectivity index (χ3v) is 3.44. The van der Waals surface area contributed by atoms with E-state index in [9.17, 15) is 5.11 Å². The molecular weight excluding hydrogens is 285 g/mol. The van der Waals surface area contributed by atoms with Gasteiger partial charge in [0, 0.05) is 41.6 Å². The number of aliphatic hydroxyl groups is 1. The Bertz CT molecular complexity index is 557. The summed E-state index contributed by atoms with van der Waals surface area (Å²) in [5.74, 6) is 0.907. The summed E-state index contributed by atoms with van der Waals surface area (Å²) < 4.78 is 1.92. The van der Waals surface area contributed by atoms with Crippen LogP contribution in [0.2, 0.25) is 10.0 Å².